The molecule has 0 spiro atoms. The molecular formula is C8H12NO+. The number of quaternary nitrogens is 1. The van der Waals surface area contributed by atoms with Crippen molar-refractivity contribution < 1.29 is 10.1 Å². The highest BCUT2D eigenvalue weighted by Crippen LogP contribution is 2.10. The Morgan fingerprint density at radius 1 is 1.20 bits per heavy atom. The predicted octanol–water partition coefficient (Wildman–Crippen LogP) is 0.520. The molecule has 0 aliphatic heterocycles. The molecule has 10 heavy (non-hydrogen) atoms. The maximum Gasteiger partial charge on any atom is 0.129 e. The van der Waals surface area contributed by atoms with E-state index in [0.717, 1.165) is 5.75 Å². The SMILES string of the molecule is C[NH2+]c1ccc(OC)cc1. The molecule has 0 aliphatic rings. The van der Waals surface area contributed by atoms with Gasteiger partial charge < -0.3 is 10.1 Å². The van der Waals surface area contributed by atoms with Crippen LogP contribution in [-0.2, 0) is 0 Å². The lowest BCUT2D eigenvalue weighted by Crippen LogP contribution is -2.72. The predicted molar refractivity (Wildman–Crippen MR) is 40.5 cm³/mol. The Labute approximate surface area is 60.8 Å². The quantitative estimate of drug-likeness (QED) is 0.592. The van der Waals surface area contributed by atoms with Crippen molar-refractivity contribution in [1.82, 2.24) is 0 Å². The second-order valence-corrected chi connectivity index (χ2v) is 2.06. The van der Waals surface area contributed by atoms with E-state index in [-0.39, 0.29) is 0 Å². The third-order valence-electron chi connectivity index (χ3n) is 1.45. The molecule has 1 aromatic carbocycles. The molecule has 0 saturated heterocycles. The molecule has 54 valence electrons. The second kappa shape index (κ2) is 3.22. The number of ether oxygens (including phenoxy) is 1. The fourth-order valence-corrected chi connectivity index (χ4v) is 0.796. The first-order valence-electron chi connectivity index (χ1n) is 3.30. The van der Waals surface area contributed by atoms with Gasteiger partial charge in [-0.25, -0.2) is 0 Å². The summed E-state index contributed by atoms with van der Waals surface area (Å²) < 4.78 is 5.00. The second-order valence-electron chi connectivity index (χ2n) is 2.06. The van der Waals surface area contributed by atoms with Crippen molar-refractivity contribution in [2.24, 2.45) is 0 Å². The molecule has 2 nitrogen and oxygen atoms in total. The maximum absolute atomic E-state index is 5.00. The van der Waals surface area contributed by atoms with Gasteiger partial charge in [0, 0.05) is 12.1 Å². The normalized spacial score (nSPS) is 9.40. The van der Waals surface area contributed by atoms with Crippen molar-refractivity contribution in [3.63, 3.8) is 0 Å². The van der Waals surface area contributed by atoms with Gasteiger partial charge in [0.05, 0.1) is 14.2 Å². The van der Waals surface area contributed by atoms with Crippen LogP contribution >= 0.6 is 0 Å². The van der Waals surface area contributed by atoms with Crippen LogP contribution in [0.2, 0.25) is 0 Å². The van der Waals surface area contributed by atoms with E-state index in [1.165, 1.54) is 5.69 Å². The van der Waals surface area contributed by atoms with Crippen LogP contribution in [0.25, 0.3) is 0 Å². The van der Waals surface area contributed by atoms with Crippen LogP contribution in [0.3, 0.4) is 0 Å². The van der Waals surface area contributed by atoms with Crippen molar-refractivity contribution in [2.45, 2.75) is 0 Å². The molecular weight excluding hydrogens is 126 g/mol. The average Bonchev–Trinajstić information content (AvgIpc) is 2.05. The molecule has 0 fully saturated rings. The summed E-state index contributed by atoms with van der Waals surface area (Å²) in [6, 6.07) is 7.96. The number of hydrogen-bond acceptors (Lipinski definition) is 1. The molecule has 0 atom stereocenters. The summed E-state index contributed by atoms with van der Waals surface area (Å²) in [4.78, 5) is 0. The van der Waals surface area contributed by atoms with E-state index in [1.807, 2.05) is 31.3 Å². The minimum atomic E-state index is 0.908. The highest BCUT2D eigenvalue weighted by molar-refractivity contribution is 5.34. The van der Waals surface area contributed by atoms with E-state index in [9.17, 15) is 0 Å². The first kappa shape index (κ1) is 7.09. The summed E-state index contributed by atoms with van der Waals surface area (Å²) in [6.45, 7) is 0. The Hall–Kier alpha value is -1.02. The minimum absolute atomic E-state index is 0.908. The Kier molecular flexibility index (Phi) is 2.29. The monoisotopic (exact) mass is 138 g/mol. The molecule has 0 unspecified atom stereocenters. The van der Waals surface area contributed by atoms with Crippen LogP contribution in [0.5, 0.6) is 5.75 Å². The number of rotatable bonds is 2. The Morgan fingerprint density at radius 3 is 2.20 bits per heavy atom. The maximum atomic E-state index is 5.00. The fraction of sp³-hybridized carbons (Fsp3) is 0.250. The molecule has 0 heterocycles. The van der Waals surface area contributed by atoms with E-state index in [4.69, 9.17) is 4.74 Å². The molecule has 0 saturated carbocycles. The lowest BCUT2D eigenvalue weighted by molar-refractivity contribution is -0.539. The topological polar surface area (TPSA) is 25.8 Å². The van der Waals surface area contributed by atoms with Crippen LogP contribution in [-0.4, -0.2) is 14.2 Å². The van der Waals surface area contributed by atoms with Gasteiger partial charge in [-0.1, -0.05) is 0 Å². The summed E-state index contributed by atoms with van der Waals surface area (Å²) in [5, 5.41) is 2.06. The van der Waals surface area contributed by atoms with Crippen molar-refractivity contribution in [2.75, 3.05) is 14.2 Å². The van der Waals surface area contributed by atoms with Gasteiger partial charge in [-0.05, 0) is 12.1 Å². The van der Waals surface area contributed by atoms with Gasteiger partial charge in [-0.15, -0.1) is 0 Å². The Balaban J connectivity index is 2.80. The van der Waals surface area contributed by atoms with Gasteiger partial charge in [0.15, 0.2) is 0 Å². The van der Waals surface area contributed by atoms with Crippen molar-refractivity contribution in [3.8, 4) is 5.75 Å². The zero-order chi connectivity index (χ0) is 7.40. The van der Waals surface area contributed by atoms with Crippen molar-refractivity contribution in [3.05, 3.63) is 24.3 Å². The lowest BCUT2D eigenvalue weighted by atomic mass is 10.3. The molecule has 0 aromatic heterocycles. The van der Waals surface area contributed by atoms with E-state index < -0.39 is 0 Å². The Morgan fingerprint density at radius 2 is 1.80 bits per heavy atom. The molecule has 2 heteroatoms. The average molecular weight is 138 g/mol. The largest absolute Gasteiger partial charge is 0.497 e. The number of benzene rings is 1. The van der Waals surface area contributed by atoms with Crippen LogP contribution < -0.4 is 10.1 Å². The highest BCUT2D eigenvalue weighted by Gasteiger charge is 1.91. The summed E-state index contributed by atoms with van der Waals surface area (Å²) >= 11 is 0. The number of nitrogens with two attached hydrogens (primary N) is 1. The van der Waals surface area contributed by atoms with Crippen LogP contribution in [0.1, 0.15) is 0 Å². The standard InChI is InChI=1S/C8H11NO/c1-9-7-3-5-8(10-2)6-4-7/h3-6,9H,1-2H3/p+1. The number of methoxy groups -OCH3 is 1. The molecule has 1 rings (SSSR count). The Bertz CT molecular complexity index is 170. The van der Waals surface area contributed by atoms with Crippen LogP contribution in [0, 0.1) is 0 Å². The first-order chi connectivity index (χ1) is 4.86. The van der Waals surface area contributed by atoms with Gasteiger partial charge in [-0.3, -0.25) is 0 Å². The highest BCUT2D eigenvalue weighted by atomic mass is 16.5. The third kappa shape index (κ3) is 1.48. The minimum Gasteiger partial charge on any atom is -0.497 e. The van der Waals surface area contributed by atoms with E-state index >= 15 is 0 Å². The molecule has 0 amide bonds. The molecule has 1 aromatic rings. The molecule has 0 bridgehead atoms. The lowest BCUT2D eigenvalue weighted by Gasteiger charge is -1.97. The zero-order valence-electron chi connectivity index (χ0n) is 6.29. The summed E-state index contributed by atoms with van der Waals surface area (Å²) in [5.74, 6) is 0.908. The van der Waals surface area contributed by atoms with E-state index in [1.54, 1.807) is 7.11 Å². The van der Waals surface area contributed by atoms with Gasteiger partial charge in [0.2, 0.25) is 0 Å². The van der Waals surface area contributed by atoms with Crippen LogP contribution in [0.15, 0.2) is 24.3 Å². The molecule has 0 aliphatic carbocycles. The zero-order valence-corrected chi connectivity index (χ0v) is 6.29. The van der Waals surface area contributed by atoms with Crippen molar-refractivity contribution >= 4 is 5.69 Å². The van der Waals surface area contributed by atoms with E-state index in [2.05, 4.69) is 5.32 Å². The summed E-state index contributed by atoms with van der Waals surface area (Å²) in [7, 11) is 3.69. The van der Waals surface area contributed by atoms with Crippen molar-refractivity contribution in [1.29, 1.82) is 0 Å². The van der Waals surface area contributed by atoms with Crippen LogP contribution in [0.4, 0.5) is 5.69 Å². The smallest absolute Gasteiger partial charge is 0.129 e. The summed E-state index contributed by atoms with van der Waals surface area (Å²) in [6.07, 6.45) is 0. The number of hydrogen-bond donors (Lipinski definition) is 1. The first-order valence-corrected chi connectivity index (χ1v) is 3.30. The van der Waals surface area contributed by atoms with Gasteiger partial charge in [-0.2, -0.15) is 0 Å². The third-order valence-corrected chi connectivity index (χ3v) is 1.45. The molecule has 2 N–H and O–H groups in total. The molecule has 0 radical (unpaired) electrons. The van der Waals surface area contributed by atoms with Gasteiger partial charge >= 0.3 is 0 Å². The van der Waals surface area contributed by atoms with Gasteiger partial charge in [0.25, 0.3) is 0 Å². The van der Waals surface area contributed by atoms with E-state index in [0.29, 0.717) is 0 Å². The fourth-order valence-electron chi connectivity index (χ4n) is 0.796. The van der Waals surface area contributed by atoms with Gasteiger partial charge in [0.1, 0.15) is 11.4 Å². The summed E-state index contributed by atoms with van der Waals surface area (Å²) in [5.41, 5.74) is 1.22.